The molecule has 0 radical (unpaired) electrons. The summed E-state index contributed by atoms with van der Waals surface area (Å²) >= 11 is 0. The van der Waals surface area contributed by atoms with Crippen molar-refractivity contribution in [2.75, 3.05) is 5.32 Å². The Morgan fingerprint density at radius 2 is 1.71 bits per heavy atom. The quantitative estimate of drug-likeness (QED) is 0.295. The van der Waals surface area contributed by atoms with Gasteiger partial charge in [-0.2, -0.15) is 9.69 Å². The van der Waals surface area contributed by atoms with E-state index in [0.29, 0.717) is 11.1 Å². The number of anilines is 1. The molecule has 0 unspecified atom stereocenters. The second-order valence-corrected chi connectivity index (χ2v) is 8.26. The molecule has 1 aliphatic rings. The summed E-state index contributed by atoms with van der Waals surface area (Å²) in [6.07, 6.45) is -1.13. The third-order valence-corrected chi connectivity index (χ3v) is 5.51. The topological polar surface area (TPSA) is 184 Å². The molecule has 15 heteroatoms. The van der Waals surface area contributed by atoms with Gasteiger partial charge in [-0.25, -0.2) is 4.63 Å². The van der Waals surface area contributed by atoms with Crippen molar-refractivity contribution in [3.8, 4) is 17.1 Å². The van der Waals surface area contributed by atoms with E-state index in [1.807, 2.05) is 31.2 Å². The molecule has 2 amide bonds. The standard InChI is InChI=1S/C23H19N9O6/c1-12-4-6-16(7-5-12)22-26-30(14(3)34)23(37-22)18-19(15-8-10-17(11-9-15)32(35)36)31(29-25-18)21-20(24-13(2)33)27-38-28-21/h4-11,23H,1-3H3,(H,24,27,33)/t23-/m0/s1. The van der Waals surface area contributed by atoms with Crippen LogP contribution in [0.25, 0.3) is 17.1 Å². The summed E-state index contributed by atoms with van der Waals surface area (Å²) in [4.78, 5) is 34.9. The normalized spacial score (nSPS) is 14.7. The van der Waals surface area contributed by atoms with E-state index in [1.54, 1.807) is 0 Å². The van der Waals surface area contributed by atoms with E-state index in [0.717, 1.165) is 10.6 Å². The number of rotatable bonds is 6. The molecule has 192 valence electrons. The number of nitrogens with one attached hydrogen (secondary N) is 1. The first-order valence-electron chi connectivity index (χ1n) is 11.2. The van der Waals surface area contributed by atoms with Crippen LogP contribution in [0.1, 0.15) is 36.9 Å². The van der Waals surface area contributed by atoms with Gasteiger partial charge in [0, 0.05) is 37.1 Å². The van der Waals surface area contributed by atoms with Crippen molar-refractivity contribution in [3.63, 3.8) is 0 Å². The van der Waals surface area contributed by atoms with Gasteiger partial charge in [0.05, 0.1) is 4.92 Å². The Bertz CT molecular complexity index is 1570. The Morgan fingerprint density at radius 3 is 2.34 bits per heavy atom. The van der Waals surface area contributed by atoms with Gasteiger partial charge >= 0.3 is 0 Å². The molecular weight excluding hydrogens is 498 g/mol. The Kier molecular flexibility index (Phi) is 6.08. The van der Waals surface area contributed by atoms with Crippen LogP contribution in [0.15, 0.2) is 58.3 Å². The number of ether oxygens (including phenoxy) is 1. The summed E-state index contributed by atoms with van der Waals surface area (Å²) in [5.41, 5.74) is 2.36. The highest BCUT2D eigenvalue weighted by atomic mass is 16.6. The number of aryl methyl sites for hydroxylation is 1. The zero-order valence-corrected chi connectivity index (χ0v) is 20.2. The van der Waals surface area contributed by atoms with Crippen LogP contribution in [0.5, 0.6) is 0 Å². The maximum Gasteiger partial charge on any atom is 0.269 e. The fourth-order valence-electron chi connectivity index (χ4n) is 3.75. The van der Waals surface area contributed by atoms with Gasteiger partial charge in [0.25, 0.3) is 5.69 Å². The van der Waals surface area contributed by atoms with E-state index in [-0.39, 0.29) is 34.6 Å². The van der Waals surface area contributed by atoms with E-state index in [9.17, 15) is 19.7 Å². The number of aromatic nitrogens is 5. The molecule has 0 fully saturated rings. The molecule has 3 heterocycles. The molecule has 1 atom stereocenters. The first-order valence-corrected chi connectivity index (χ1v) is 11.2. The number of carbonyl (C=O) groups is 2. The molecule has 0 saturated carbocycles. The molecule has 38 heavy (non-hydrogen) atoms. The lowest BCUT2D eigenvalue weighted by Crippen LogP contribution is -2.26. The van der Waals surface area contributed by atoms with E-state index >= 15 is 0 Å². The molecule has 0 bridgehead atoms. The van der Waals surface area contributed by atoms with Gasteiger partial charge in [0.15, 0.2) is 5.69 Å². The fraction of sp³-hybridized carbons (Fsp3) is 0.174. The van der Waals surface area contributed by atoms with Crippen molar-refractivity contribution in [2.24, 2.45) is 5.10 Å². The number of nitrogens with zero attached hydrogens (tertiary/aromatic N) is 8. The van der Waals surface area contributed by atoms with Gasteiger partial charge in [-0.15, -0.1) is 10.2 Å². The highest BCUT2D eigenvalue weighted by Gasteiger charge is 2.39. The summed E-state index contributed by atoms with van der Waals surface area (Å²) in [6, 6.07) is 13.0. The van der Waals surface area contributed by atoms with Crippen molar-refractivity contribution in [2.45, 2.75) is 27.0 Å². The number of hydrogen-bond donors (Lipinski definition) is 1. The molecule has 0 spiro atoms. The molecule has 0 saturated heterocycles. The lowest BCUT2D eigenvalue weighted by molar-refractivity contribution is -0.384. The van der Waals surface area contributed by atoms with E-state index in [2.05, 4.69) is 31.0 Å². The molecule has 1 aliphatic heterocycles. The Balaban J connectivity index is 1.64. The molecule has 15 nitrogen and oxygen atoms in total. The van der Waals surface area contributed by atoms with Crippen LogP contribution in [-0.4, -0.2) is 53.0 Å². The van der Waals surface area contributed by atoms with Crippen molar-refractivity contribution in [1.82, 2.24) is 30.3 Å². The Morgan fingerprint density at radius 1 is 1.03 bits per heavy atom. The average molecular weight is 517 g/mol. The highest BCUT2D eigenvalue weighted by molar-refractivity contribution is 5.96. The summed E-state index contributed by atoms with van der Waals surface area (Å²) in [7, 11) is 0. The summed E-state index contributed by atoms with van der Waals surface area (Å²) in [5.74, 6) is -0.721. The van der Waals surface area contributed by atoms with E-state index in [1.165, 1.54) is 42.8 Å². The number of non-ortho nitro benzene ring substituents is 1. The predicted octanol–water partition coefficient (Wildman–Crippen LogP) is 2.73. The zero-order valence-electron chi connectivity index (χ0n) is 20.2. The van der Waals surface area contributed by atoms with Crippen LogP contribution in [0.4, 0.5) is 11.5 Å². The molecule has 1 N–H and O–H groups in total. The average Bonchev–Trinajstić information content (AvgIpc) is 3.62. The van der Waals surface area contributed by atoms with Gasteiger partial charge < -0.3 is 10.1 Å². The van der Waals surface area contributed by atoms with E-state index in [4.69, 9.17) is 9.37 Å². The second-order valence-electron chi connectivity index (χ2n) is 8.26. The zero-order chi connectivity index (χ0) is 27.0. The van der Waals surface area contributed by atoms with Gasteiger partial charge in [0.1, 0.15) is 5.69 Å². The monoisotopic (exact) mass is 517 g/mol. The lowest BCUT2D eigenvalue weighted by atomic mass is 10.1. The van der Waals surface area contributed by atoms with Crippen molar-refractivity contribution >= 4 is 29.2 Å². The fourth-order valence-corrected chi connectivity index (χ4v) is 3.75. The van der Waals surface area contributed by atoms with Crippen LogP contribution in [0.3, 0.4) is 0 Å². The first kappa shape index (κ1) is 24.2. The Labute approximate surface area is 213 Å². The molecule has 4 aromatic rings. The third kappa shape index (κ3) is 4.43. The summed E-state index contributed by atoms with van der Waals surface area (Å²) < 4.78 is 12.1. The second kappa shape index (κ2) is 9.53. The van der Waals surface area contributed by atoms with Crippen molar-refractivity contribution < 1.29 is 23.9 Å². The lowest BCUT2D eigenvalue weighted by Gasteiger charge is -2.18. The smallest absolute Gasteiger partial charge is 0.269 e. The SMILES string of the molecule is CC(=O)Nc1nonc1-n1nnc([C@@H]2OC(c3ccc(C)cc3)=NN2C(C)=O)c1-c1ccc([N+](=O)[O-])cc1. The summed E-state index contributed by atoms with van der Waals surface area (Å²) in [6.45, 7) is 4.54. The number of hydrogen-bond acceptors (Lipinski definition) is 11. The molecule has 2 aromatic heterocycles. The Hall–Kier alpha value is -5.47. The largest absolute Gasteiger partial charge is 0.444 e. The molecule has 5 rings (SSSR count). The van der Waals surface area contributed by atoms with Gasteiger partial charge in [-0.3, -0.25) is 19.7 Å². The molecule has 0 aliphatic carbocycles. The highest BCUT2D eigenvalue weighted by Crippen LogP contribution is 2.37. The number of benzene rings is 2. The van der Waals surface area contributed by atoms with Gasteiger partial charge in [-0.05, 0) is 41.5 Å². The van der Waals surface area contributed by atoms with Crippen molar-refractivity contribution in [1.29, 1.82) is 0 Å². The summed E-state index contributed by atoms with van der Waals surface area (Å²) in [5, 5.41) is 35.1. The van der Waals surface area contributed by atoms with Crippen LogP contribution < -0.4 is 5.32 Å². The molecule has 2 aromatic carbocycles. The van der Waals surface area contributed by atoms with Crippen LogP contribution in [0.2, 0.25) is 0 Å². The van der Waals surface area contributed by atoms with Crippen LogP contribution >= 0.6 is 0 Å². The van der Waals surface area contributed by atoms with Crippen molar-refractivity contribution in [3.05, 3.63) is 75.5 Å². The minimum Gasteiger partial charge on any atom is -0.444 e. The maximum atomic E-state index is 12.6. The van der Waals surface area contributed by atoms with Gasteiger partial charge in [-0.1, -0.05) is 22.9 Å². The number of hydrazone groups is 1. The maximum absolute atomic E-state index is 12.6. The number of carbonyl (C=O) groups excluding carboxylic acids is 2. The third-order valence-electron chi connectivity index (χ3n) is 5.51. The number of nitro benzene ring substituents is 1. The molecular formula is C23H19N9O6. The predicted molar refractivity (Wildman–Crippen MR) is 130 cm³/mol. The van der Waals surface area contributed by atoms with E-state index < -0.39 is 23.0 Å². The van der Waals surface area contributed by atoms with Gasteiger partial charge in [0.2, 0.25) is 35.6 Å². The minimum atomic E-state index is -1.13. The minimum absolute atomic E-state index is 0.0145. The first-order chi connectivity index (χ1) is 18.2. The van der Waals surface area contributed by atoms with Crippen LogP contribution in [-0.2, 0) is 14.3 Å². The van der Waals surface area contributed by atoms with Crippen LogP contribution in [0, 0.1) is 17.0 Å². The number of amides is 2. The number of nitro groups is 1.